The fourth-order valence-corrected chi connectivity index (χ4v) is 3.76. The highest BCUT2D eigenvalue weighted by Gasteiger charge is 2.37. The highest BCUT2D eigenvalue weighted by molar-refractivity contribution is 5.96. The molecule has 3 unspecified atom stereocenters. The molecule has 0 aliphatic rings. The Balaban J connectivity index is 3.00. The molecule has 44 heavy (non-hydrogen) atoms. The number of amides is 6. The van der Waals surface area contributed by atoms with Gasteiger partial charge in [0.25, 0.3) is 5.91 Å². The van der Waals surface area contributed by atoms with E-state index < -0.39 is 91.2 Å². The van der Waals surface area contributed by atoms with Crippen LogP contribution >= 0.6 is 0 Å². The number of aliphatic hydroxyl groups is 3. The van der Waals surface area contributed by atoms with Gasteiger partial charge in [0.05, 0.1) is 6.61 Å². The van der Waals surface area contributed by atoms with Crippen molar-refractivity contribution in [3.63, 3.8) is 0 Å². The first kappa shape index (κ1) is 37.6. The molecular formula is C27H39N5O12. The van der Waals surface area contributed by atoms with E-state index in [1.54, 1.807) is 18.2 Å². The van der Waals surface area contributed by atoms with Gasteiger partial charge in [-0.1, -0.05) is 25.1 Å². The van der Waals surface area contributed by atoms with Crippen molar-refractivity contribution >= 4 is 41.9 Å². The van der Waals surface area contributed by atoms with Crippen molar-refractivity contribution < 1.29 is 58.7 Å². The Morgan fingerprint density at radius 2 is 1.59 bits per heavy atom. The molecule has 7 atom stereocenters. The predicted molar refractivity (Wildman–Crippen MR) is 151 cm³/mol. The lowest BCUT2D eigenvalue weighted by Crippen LogP contribution is -2.58. The number of imide groups is 1. The third kappa shape index (κ3) is 11.3. The average Bonchev–Trinajstić information content (AvgIpc) is 3.01. The van der Waals surface area contributed by atoms with E-state index >= 15 is 0 Å². The zero-order valence-electron chi connectivity index (χ0n) is 24.4. The van der Waals surface area contributed by atoms with Gasteiger partial charge in [0.2, 0.25) is 23.6 Å². The van der Waals surface area contributed by atoms with Gasteiger partial charge in [0.1, 0.15) is 48.8 Å². The Hall–Kier alpha value is -4.45. The third-order valence-corrected chi connectivity index (χ3v) is 6.49. The molecule has 0 bridgehead atoms. The molecule has 0 aliphatic carbocycles. The van der Waals surface area contributed by atoms with Crippen molar-refractivity contribution in [1.29, 1.82) is 0 Å². The van der Waals surface area contributed by atoms with Crippen molar-refractivity contribution in [3.8, 4) is 0 Å². The molecule has 1 rings (SSSR count). The van der Waals surface area contributed by atoms with Crippen LogP contribution in [0.4, 0.5) is 4.79 Å². The summed E-state index contributed by atoms with van der Waals surface area (Å²) >= 11 is 0. The number of carboxylic acid groups (broad SMARTS) is 1. The number of carbonyl (C=O) groups is 7. The molecule has 0 saturated carbocycles. The number of ether oxygens (including phenoxy) is 1. The van der Waals surface area contributed by atoms with Crippen molar-refractivity contribution in [2.75, 3.05) is 13.7 Å². The maximum atomic E-state index is 13.0. The van der Waals surface area contributed by atoms with Crippen molar-refractivity contribution in [2.24, 2.45) is 5.73 Å². The van der Waals surface area contributed by atoms with Gasteiger partial charge in [-0.05, 0) is 31.9 Å². The largest absolute Gasteiger partial charge is 0.465 e. The van der Waals surface area contributed by atoms with Crippen LogP contribution in [0.1, 0.15) is 43.5 Å². The van der Waals surface area contributed by atoms with E-state index in [-0.39, 0.29) is 24.7 Å². The van der Waals surface area contributed by atoms with Crippen molar-refractivity contribution in [1.82, 2.24) is 20.9 Å². The molecule has 0 fully saturated rings. The number of rotatable bonds is 18. The maximum absolute atomic E-state index is 13.0. The summed E-state index contributed by atoms with van der Waals surface area (Å²) in [4.78, 5) is 85.4. The molecule has 0 aromatic heterocycles. The first-order valence-corrected chi connectivity index (χ1v) is 13.5. The number of benzene rings is 1. The number of aldehydes is 1. The van der Waals surface area contributed by atoms with Crippen molar-refractivity contribution in [2.45, 2.75) is 75.7 Å². The fraction of sp³-hybridized carbons (Fsp3) is 0.519. The van der Waals surface area contributed by atoms with Gasteiger partial charge in [0.15, 0.2) is 0 Å². The summed E-state index contributed by atoms with van der Waals surface area (Å²) < 4.78 is 5.56. The number of nitrogens with zero attached hydrogens (tertiary/aromatic N) is 1. The molecule has 17 nitrogen and oxygen atoms in total. The highest BCUT2D eigenvalue weighted by atomic mass is 16.5. The Labute approximate surface area is 252 Å². The summed E-state index contributed by atoms with van der Waals surface area (Å²) in [5, 5.41) is 45.8. The first-order valence-electron chi connectivity index (χ1n) is 13.5. The summed E-state index contributed by atoms with van der Waals surface area (Å²) in [6, 6.07) is 3.45. The molecule has 0 aliphatic heterocycles. The quantitative estimate of drug-likeness (QED) is 0.0771. The molecule has 1 aromatic rings. The number of aliphatic hydroxyl groups excluding tert-OH is 3. The number of carbonyl (C=O) groups excluding carboxylic acids is 6. The minimum Gasteiger partial charge on any atom is -0.465 e. The van der Waals surface area contributed by atoms with Gasteiger partial charge in [-0.25, -0.2) is 4.79 Å². The van der Waals surface area contributed by atoms with Crippen LogP contribution < -0.4 is 21.7 Å². The Bertz CT molecular complexity index is 1170. The van der Waals surface area contributed by atoms with E-state index in [4.69, 9.17) is 15.6 Å². The Morgan fingerprint density at radius 3 is 2.09 bits per heavy atom. The van der Waals surface area contributed by atoms with Gasteiger partial charge < -0.3 is 51.6 Å². The molecule has 0 radical (unpaired) electrons. The predicted octanol–water partition coefficient (Wildman–Crippen LogP) is -2.75. The molecule has 0 saturated heterocycles. The minimum absolute atomic E-state index is 0.00413. The second-order valence-electron chi connectivity index (χ2n) is 9.69. The van der Waals surface area contributed by atoms with E-state index in [1.807, 2.05) is 0 Å². The highest BCUT2D eigenvalue weighted by Crippen LogP contribution is 2.14. The number of nitrogens with two attached hydrogens (primary N) is 1. The lowest BCUT2D eigenvalue weighted by molar-refractivity contribution is -0.156. The lowest BCUT2D eigenvalue weighted by Gasteiger charge is -2.32. The van der Waals surface area contributed by atoms with Crippen LogP contribution in [0.15, 0.2) is 30.3 Å². The molecule has 9 N–H and O–H groups in total. The number of hydrogen-bond donors (Lipinski definition) is 8. The molecule has 244 valence electrons. The lowest BCUT2D eigenvalue weighted by atomic mass is 10.0. The fourth-order valence-electron chi connectivity index (χ4n) is 3.76. The summed E-state index contributed by atoms with van der Waals surface area (Å²) in [6.07, 6.45) is -9.09. The first-order chi connectivity index (χ1) is 20.7. The van der Waals surface area contributed by atoms with Gasteiger partial charge >= 0.3 is 6.09 Å². The Kier molecular flexibility index (Phi) is 15.6. The zero-order valence-corrected chi connectivity index (χ0v) is 24.4. The van der Waals surface area contributed by atoms with E-state index in [0.717, 1.165) is 7.05 Å². The molecule has 1 aromatic carbocycles. The van der Waals surface area contributed by atoms with Crippen molar-refractivity contribution in [3.05, 3.63) is 35.9 Å². The van der Waals surface area contributed by atoms with Gasteiger partial charge in [-0.15, -0.1) is 0 Å². The molecule has 0 spiro atoms. The third-order valence-electron chi connectivity index (χ3n) is 6.49. The molecular weight excluding hydrogens is 586 g/mol. The monoisotopic (exact) mass is 625 g/mol. The standard InChI is InChI=1S/C27H39N5O12/c1-4-16(26(41)30-17(23(28)38)10-11-20(36)32(3)27(42)43)29-24(39)14(2)44-22(21(37)19(35)13-34)18(12-33)31-25(40)15-8-6-5-7-9-15/h5-9,12,14,16-19,21-22,34-35,37H,4,10-11,13H2,1-3H3,(H2,28,38)(H,29,39)(H,30,41)(H,31,40)(H,42,43)/t14?,16?,17?,18-,19+,21+,22+/m0/s1. The van der Waals surface area contributed by atoms with Crippen LogP contribution in [0, 0.1) is 0 Å². The normalized spacial score (nSPS) is 15.7. The summed E-state index contributed by atoms with van der Waals surface area (Å²) in [6.45, 7) is 1.77. The van der Waals surface area contributed by atoms with Crippen LogP contribution in [-0.2, 0) is 28.7 Å². The van der Waals surface area contributed by atoms with Gasteiger partial charge in [-0.3, -0.25) is 28.9 Å². The van der Waals surface area contributed by atoms with Crippen LogP contribution in [0.25, 0.3) is 0 Å². The van der Waals surface area contributed by atoms with Gasteiger partial charge in [0, 0.05) is 19.0 Å². The van der Waals surface area contributed by atoms with Gasteiger partial charge in [-0.2, -0.15) is 0 Å². The van der Waals surface area contributed by atoms with Crippen LogP contribution in [0.3, 0.4) is 0 Å². The second kappa shape index (κ2) is 18.3. The van der Waals surface area contributed by atoms with Crippen LogP contribution in [0.5, 0.6) is 0 Å². The van der Waals surface area contributed by atoms with Crippen LogP contribution in [-0.4, -0.2) is 123 Å². The summed E-state index contributed by atoms with van der Waals surface area (Å²) in [7, 11) is 1.01. The smallest absolute Gasteiger partial charge is 0.413 e. The molecule has 6 amide bonds. The van der Waals surface area contributed by atoms with E-state index in [0.29, 0.717) is 4.90 Å². The average molecular weight is 626 g/mol. The Morgan fingerprint density at radius 1 is 1.00 bits per heavy atom. The summed E-state index contributed by atoms with van der Waals surface area (Å²) in [5.74, 6) is -4.40. The minimum atomic E-state index is -1.95. The molecule has 0 heterocycles. The summed E-state index contributed by atoms with van der Waals surface area (Å²) in [5.41, 5.74) is 5.47. The number of hydrogen-bond acceptors (Lipinski definition) is 11. The maximum Gasteiger partial charge on any atom is 0.413 e. The second-order valence-corrected chi connectivity index (χ2v) is 9.69. The number of nitrogens with one attached hydrogen (secondary N) is 3. The van der Waals surface area contributed by atoms with E-state index in [1.165, 1.54) is 26.0 Å². The zero-order chi connectivity index (χ0) is 33.6. The number of primary amides is 1. The topological polar surface area (TPSA) is 275 Å². The molecule has 17 heteroatoms. The SMILES string of the molecule is CCC(NC(=O)C(C)O[C@@H]([C@H](O)[C@H](O)CO)[C@H](C=O)NC(=O)c1ccccc1)C(=O)NC(CCC(=O)N(C)C(=O)O)C(N)=O. The van der Waals surface area contributed by atoms with E-state index in [9.17, 15) is 48.9 Å². The van der Waals surface area contributed by atoms with Crippen LogP contribution in [0.2, 0.25) is 0 Å². The van der Waals surface area contributed by atoms with E-state index in [2.05, 4.69) is 16.0 Å².